The third-order valence-electron chi connectivity index (χ3n) is 6.54. The first-order valence-corrected chi connectivity index (χ1v) is 12.3. The van der Waals surface area contributed by atoms with Gasteiger partial charge < -0.3 is 16.4 Å². The number of nitrogens with two attached hydrogens (primary N) is 2. The van der Waals surface area contributed by atoms with Crippen LogP contribution in [-0.4, -0.2) is 34.9 Å². The van der Waals surface area contributed by atoms with Crippen LogP contribution in [0.4, 0.5) is 15.8 Å². The Balaban J connectivity index is 1.60. The quantitative estimate of drug-likeness (QED) is 0.454. The van der Waals surface area contributed by atoms with Crippen molar-refractivity contribution in [2.75, 3.05) is 23.7 Å². The van der Waals surface area contributed by atoms with E-state index in [2.05, 4.69) is 28.7 Å². The van der Waals surface area contributed by atoms with Gasteiger partial charge in [-0.25, -0.2) is 9.37 Å². The minimum Gasteiger partial charge on any atom is -0.397 e. The molecule has 0 saturated carbocycles. The van der Waals surface area contributed by atoms with E-state index in [1.165, 1.54) is 6.07 Å². The molecule has 7 heteroatoms. The molecule has 4 rings (SSSR count). The largest absolute Gasteiger partial charge is 0.397 e. The highest BCUT2D eigenvalue weighted by Crippen LogP contribution is 2.28. The predicted molar refractivity (Wildman–Crippen MR) is 139 cm³/mol. The van der Waals surface area contributed by atoms with Gasteiger partial charge in [0.1, 0.15) is 11.5 Å². The number of halogens is 1. The molecule has 3 aromatic rings. The van der Waals surface area contributed by atoms with Crippen molar-refractivity contribution in [3.05, 3.63) is 71.4 Å². The summed E-state index contributed by atoms with van der Waals surface area (Å²) in [4.78, 5) is 24.3. The first-order valence-electron chi connectivity index (χ1n) is 12.3. The highest BCUT2D eigenvalue weighted by molar-refractivity contribution is 6.01. The van der Waals surface area contributed by atoms with Gasteiger partial charge >= 0.3 is 0 Å². The number of aryl methyl sites for hydroxylation is 1. The molecule has 1 atom stereocenters. The van der Waals surface area contributed by atoms with Crippen LogP contribution in [0.3, 0.4) is 0 Å². The summed E-state index contributed by atoms with van der Waals surface area (Å²) in [6, 6.07) is 10.4. The second kappa shape index (κ2) is 11.0. The van der Waals surface area contributed by atoms with Crippen LogP contribution < -0.4 is 16.4 Å². The van der Waals surface area contributed by atoms with Crippen LogP contribution in [-0.2, 0) is 12.8 Å². The molecule has 1 aromatic carbocycles. The first kappa shape index (κ1) is 24.8. The van der Waals surface area contributed by atoms with E-state index in [-0.39, 0.29) is 35.4 Å². The molecule has 3 heterocycles. The van der Waals surface area contributed by atoms with Crippen molar-refractivity contribution in [3.8, 4) is 11.3 Å². The number of ketones is 1. The molecule has 0 aliphatic carbocycles. The average Bonchev–Trinajstić information content (AvgIpc) is 2.84. The Labute approximate surface area is 206 Å². The van der Waals surface area contributed by atoms with Gasteiger partial charge in [0, 0.05) is 54.8 Å². The molecule has 1 aliphatic rings. The lowest BCUT2D eigenvalue weighted by Crippen LogP contribution is -2.43. The van der Waals surface area contributed by atoms with Gasteiger partial charge in [0.05, 0.1) is 11.4 Å². The van der Waals surface area contributed by atoms with Gasteiger partial charge in [-0.05, 0) is 67.5 Å². The molecule has 4 N–H and O–H groups in total. The van der Waals surface area contributed by atoms with Gasteiger partial charge in [-0.15, -0.1) is 0 Å². The maximum atomic E-state index is 14.7. The van der Waals surface area contributed by atoms with Crippen molar-refractivity contribution in [2.45, 2.75) is 52.0 Å². The molecule has 6 nitrogen and oxygen atoms in total. The molecule has 2 aromatic heterocycles. The number of hydrogen-bond acceptors (Lipinski definition) is 6. The predicted octanol–water partition coefficient (Wildman–Crippen LogP) is 4.81. The summed E-state index contributed by atoms with van der Waals surface area (Å²) in [6.45, 7) is 5.96. The van der Waals surface area contributed by atoms with E-state index < -0.39 is 0 Å². The fourth-order valence-corrected chi connectivity index (χ4v) is 4.57. The number of nitrogens with zero attached hydrogens (tertiary/aromatic N) is 3. The summed E-state index contributed by atoms with van der Waals surface area (Å²) in [5.41, 5.74) is 16.3. The third kappa shape index (κ3) is 6.03. The van der Waals surface area contributed by atoms with Gasteiger partial charge in [-0.1, -0.05) is 19.9 Å². The minimum absolute atomic E-state index is 0.104. The van der Waals surface area contributed by atoms with Gasteiger partial charge in [0.25, 0.3) is 0 Å². The first-order chi connectivity index (χ1) is 16.8. The zero-order valence-electron chi connectivity index (χ0n) is 20.5. The summed E-state index contributed by atoms with van der Waals surface area (Å²) in [5.74, 6) is -0.0401. The van der Waals surface area contributed by atoms with E-state index in [9.17, 15) is 9.18 Å². The highest BCUT2D eigenvalue weighted by Gasteiger charge is 2.22. The second-order valence-corrected chi connectivity index (χ2v) is 9.83. The van der Waals surface area contributed by atoms with Gasteiger partial charge in [-0.2, -0.15) is 0 Å². The molecular weight excluding hydrogens is 441 g/mol. The van der Waals surface area contributed by atoms with Crippen LogP contribution in [0.5, 0.6) is 0 Å². The van der Waals surface area contributed by atoms with E-state index >= 15 is 0 Å². The normalized spacial score (nSPS) is 16.0. The van der Waals surface area contributed by atoms with Crippen LogP contribution in [0.15, 0.2) is 48.8 Å². The van der Waals surface area contributed by atoms with Crippen LogP contribution >= 0.6 is 0 Å². The Morgan fingerprint density at radius 1 is 1.23 bits per heavy atom. The summed E-state index contributed by atoms with van der Waals surface area (Å²) in [7, 11) is 0. The van der Waals surface area contributed by atoms with Crippen molar-refractivity contribution in [1.29, 1.82) is 0 Å². The summed E-state index contributed by atoms with van der Waals surface area (Å²) >= 11 is 0. The third-order valence-corrected chi connectivity index (χ3v) is 6.54. The van der Waals surface area contributed by atoms with Crippen molar-refractivity contribution in [1.82, 2.24) is 9.97 Å². The molecule has 0 radical (unpaired) electrons. The molecule has 0 amide bonds. The van der Waals surface area contributed by atoms with E-state index in [0.717, 1.165) is 55.6 Å². The number of hydrogen-bond donors (Lipinski definition) is 2. The summed E-state index contributed by atoms with van der Waals surface area (Å²) in [5, 5.41) is 0. The summed E-state index contributed by atoms with van der Waals surface area (Å²) in [6.07, 6.45) is 7.42. The molecule has 1 aliphatic heterocycles. The minimum atomic E-state index is -0.370. The summed E-state index contributed by atoms with van der Waals surface area (Å²) < 4.78 is 14.7. The standard InChI is InChI=1S/C28H34FN5O/c1-18(2)5-6-19-7-8-23(29)22(14-19)25-10-9-24(31)28(33-25)27(35)15-20-16-32-12-11-26(20)34-13-3-4-21(30)17-34/h7-12,14,16,18,21H,3-6,13,15,17,30-31H2,1-2H3/t21-/m0/s1. The number of pyridine rings is 2. The average molecular weight is 476 g/mol. The number of anilines is 2. The molecule has 0 spiro atoms. The zero-order valence-corrected chi connectivity index (χ0v) is 20.5. The van der Waals surface area contributed by atoms with Crippen molar-refractivity contribution in [3.63, 3.8) is 0 Å². The van der Waals surface area contributed by atoms with E-state index in [1.54, 1.807) is 30.6 Å². The van der Waals surface area contributed by atoms with E-state index in [1.807, 2.05) is 12.1 Å². The number of carbonyl (C=O) groups is 1. The van der Waals surface area contributed by atoms with Gasteiger partial charge in [0.2, 0.25) is 0 Å². The smallest absolute Gasteiger partial charge is 0.187 e. The fraction of sp³-hybridized carbons (Fsp3) is 0.393. The maximum Gasteiger partial charge on any atom is 0.187 e. The van der Waals surface area contributed by atoms with Crippen LogP contribution in [0.1, 0.15) is 54.7 Å². The number of nitrogen functional groups attached to an aromatic ring is 1. The van der Waals surface area contributed by atoms with Crippen LogP contribution in [0, 0.1) is 11.7 Å². The number of rotatable bonds is 8. The SMILES string of the molecule is CC(C)CCc1ccc(F)c(-c2ccc(N)c(C(=O)Cc3cnccc3N3CCC[C@H](N)C3)n2)c1. The Bertz CT molecular complexity index is 1200. The molecule has 184 valence electrons. The van der Waals surface area contributed by atoms with Crippen LogP contribution in [0.25, 0.3) is 11.3 Å². The van der Waals surface area contributed by atoms with E-state index in [4.69, 9.17) is 11.5 Å². The Morgan fingerprint density at radius 2 is 2.06 bits per heavy atom. The van der Waals surface area contributed by atoms with Crippen molar-refractivity contribution < 1.29 is 9.18 Å². The maximum absolute atomic E-state index is 14.7. The number of Topliss-reactive ketones (excluding diaryl/α,β-unsaturated/α-hetero) is 1. The molecule has 0 unspecified atom stereocenters. The lowest BCUT2D eigenvalue weighted by Gasteiger charge is -2.33. The van der Waals surface area contributed by atoms with Crippen molar-refractivity contribution >= 4 is 17.2 Å². The lowest BCUT2D eigenvalue weighted by molar-refractivity contribution is 0.0989. The van der Waals surface area contributed by atoms with Gasteiger partial charge in [-0.3, -0.25) is 9.78 Å². The highest BCUT2D eigenvalue weighted by atomic mass is 19.1. The lowest BCUT2D eigenvalue weighted by atomic mass is 9.99. The van der Waals surface area contributed by atoms with E-state index in [0.29, 0.717) is 17.2 Å². The fourth-order valence-electron chi connectivity index (χ4n) is 4.57. The van der Waals surface area contributed by atoms with Gasteiger partial charge in [0.15, 0.2) is 5.78 Å². The Kier molecular flexibility index (Phi) is 7.76. The van der Waals surface area contributed by atoms with Crippen LogP contribution in [0.2, 0.25) is 0 Å². The number of piperidine rings is 1. The Hall–Kier alpha value is -3.32. The monoisotopic (exact) mass is 475 g/mol. The number of aromatic nitrogens is 2. The second-order valence-electron chi connectivity index (χ2n) is 9.83. The molecule has 1 fully saturated rings. The molecule has 1 saturated heterocycles. The topological polar surface area (TPSA) is 98.1 Å². The zero-order chi connectivity index (χ0) is 24.9. The molecule has 0 bridgehead atoms. The molecule has 35 heavy (non-hydrogen) atoms. The Morgan fingerprint density at radius 3 is 2.83 bits per heavy atom. The molecular formula is C28H34FN5O. The van der Waals surface area contributed by atoms with Crippen molar-refractivity contribution in [2.24, 2.45) is 11.7 Å². The number of carbonyl (C=O) groups excluding carboxylic acids is 1. The number of benzene rings is 1.